The van der Waals surface area contributed by atoms with Gasteiger partial charge >= 0.3 is 0 Å². The average molecular weight is 219 g/mol. The summed E-state index contributed by atoms with van der Waals surface area (Å²) in [7, 11) is 0. The Morgan fingerprint density at radius 2 is 1.86 bits per heavy atom. The van der Waals surface area contributed by atoms with Crippen molar-refractivity contribution in [2.75, 3.05) is 0 Å². The lowest BCUT2D eigenvalue weighted by molar-refractivity contribution is 0.108. The van der Waals surface area contributed by atoms with Crippen molar-refractivity contribution in [3.63, 3.8) is 0 Å². The molecule has 2 nitrogen and oxygen atoms in total. The van der Waals surface area contributed by atoms with Crippen LogP contribution >= 0.6 is 11.6 Å². The van der Waals surface area contributed by atoms with Crippen molar-refractivity contribution in [1.82, 2.24) is 0 Å². The fourth-order valence-electron chi connectivity index (χ4n) is 1.08. The molecule has 1 rings (SSSR count). The Bertz CT molecular complexity index is 377. The molecule has 0 saturated carbocycles. The first-order chi connectivity index (χ1) is 6.60. The summed E-state index contributed by atoms with van der Waals surface area (Å²) in [5.74, 6) is 0. The Hall–Kier alpha value is -1.29. The van der Waals surface area contributed by atoms with Gasteiger partial charge < -0.3 is 0 Å². The number of rotatable bonds is 3. The monoisotopic (exact) mass is 218 g/mol. The van der Waals surface area contributed by atoms with Crippen molar-refractivity contribution in [3.8, 4) is 0 Å². The Morgan fingerprint density at radius 1 is 1.21 bits per heavy atom. The van der Waals surface area contributed by atoms with Crippen LogP contribution in [0.15, 0.2) is 12.1 Å². The number of benzene rings is 1. The summed E-state index contributed by atoms with van der Waals surface area (Å²) >= 11 is 5.49. The largest absolute Gasteiger partial charge is 0.298 e. The molecule has 1 aromatic rings. The molecule has 0 radical (unpaired) electrons. The minimum atomic E-state index is -2.83. The van der Waals surface area contributed by atoms with E-state index in [-0.39, 0.29) is 22.4 Å². The second-order valence-corrected chi connectivity index (χ2v) is 2.97. The van der Waals surface area contributed by atoms with Crippen LogP contribution in [0.1, 0.15) is 32.7 Å². The van der Waals surface area contributed by atoms with Crippen LogP contribution in [0.25, 0.3) is 0 Å². The van der Waals surface area contributed by atoms with Crippen LogP contribution in [0, 0.1) is 0 Å². The van der Waals surface area contributed by atoms with E-state index in [1.165, 1.54) is 6.07 Å². The SMILES string of the molecule is O=Cc1cc(Cl)cc(C(F)F)c1C=O. The van der Waals surface area contributed by atoms with Crippen LogP contribution in [0.2, 0.25) is 5.02 Å². The van der Waals surface area contributed by atoms with E-state index in [4.69, 9.17) is 11.6 Å². The first-order valence-corrected chi connectivity index (χ1v) is 4.00. The third-order valence-corrected chi connectivity index (χ3v) is 1.91. The molecule has 0 aliphatic carbocycles. The van der Waals surface area contributed by atoms with Gasteiger partial charge in [-0.2, -0.15) is 0 Å². The number of aldehydes is 2. The van der Waals surface area contributed by atoms with Gasteiger partial charge in [0.1, 0.15) is 0 Å². The predicted octanol–water partition coefficient (Wildman–Crippen LogP) is 2.90. The molecule has 74 valence electrons. The molecule has 0 aliphatic heterocycles. The van der Waals surface area contributed by atoms with Crippen LogP contribution in [-0.2, 0) is 0 Å². The fourth-order valence-corrected chi connectivity index (χ4v) is 1.31. The van der Waals surface area contributed by atoms with Crippen molar-refractivity contribution in [1.29, 1.82) is 0 Å². The van der Waals surface area contributed by atoms with Gasteiger partial charge in [0.05, 0.1) is 0 Å². The van der Waals surface area contributed by atoms with Gasteiger partial charge in [0.15, 0.2) is 12.6 Å². The molecule has 5 heteroatoms. The maximum Gasteiger partial charge on any atom is 0.264 e. The molecule has 0 heterocycles. The topological polar surface area (TPSA) is 34.1 Å². The number of halogens is 3. The van der Waals surface area contributed by atoms with Gasteiger partial charge in [0, 0.05) is 21.7 Å². The smallest absolute Gasteiger partial charge is 0.264 e. The highest BCUT2D eigenvalue weighted by Crippen LogP contribution is 2.27. The first kappa shape index (κ1) is 10.8. The molecule has 0 unspecified atom stereocenters. The summed E-state index contributed by atoms with van der Waals surface area (Å²) in [4.78, 5) is 20.9. The highest BCUT2D eigenvalue weighted by Gasteiger charge is 2.16. The normalized spacial score (nSPS) is 10.3. The number of carbonyl (C=O) groups is 2. The Balaban J connectivity index is 3.46. The molecule has 0 fully saturated rings. The molecular formula is C9H5ClF2O2. The van der Waals surface area contributed by atoms with Crippen molar-refractivity contribution in [2.45, 2.75) is 6.43 Å². The Labute approximate surface area is 83.5 Å². The van der Waals surface area contributed by atoms with Gasteiger partial charge in [-0.05, 0) is 12.1 Å². The molecular weight excluding hydrogens is 214 g/mol. The van der Waals surface area contributed by atoms with E-state index >= 15 is 0 Å². The molecule has 0 aliphatic rings. The van der Waals surface area contributed by atoms with E-state index in [2.05, 4.69) is 0 Å². The second-order valence-electron chi connectivity index (χ2n) is 2.53. The molecule has 0 aromatic heterocycles. The van der Waals surface area contributed by atoms with Gasteiger partial charge in [-0.1, -0.05) is 11.6 Å². The van der Waals surface area contributed by atoms with Gasteiger partial charge in [-0.3, -0.25) is 9.59 Å². The van der Waals surface area contributed by atoms with Gasteiger partial charge in [-0.15, -0.1) is 0 Å². The standard InChI is InChI=1S/C9H5ClF2O2/c10-6-1-5(3-13)8(4-14)7(2-6)9(11)12/h1-4,9H. The lowest BCUT2D eigenvalue weighted by Gasteiger charge is -2.06. The zero-order valence-corrected chi connectivity index (χ0v) is 7.59. The first-order valence-electron chi connectivity index (χ1n) is 3.62. The van der Waals surface area contributed by atoms with Crippen LogP contribution in [0.5, 0.6) is 0 Å². The molecule has 14 heavy (non-hydrogen) atoms. The molecule has 0 spiro atoms. The van der Waals surface area contributed by atoms with Crippen LogP contribution in [0.3, 0.4) is 0 Å². The summed E-state index contributed by atoms with van der Waals surface area (Å²) < 4.78 is 24.8. The highest BCUT2D eigenvalue weighted by atomic mass is 35.5. The van der Waals surface area contributed by atoms with E-state index in [0.29, 0.717) is 6.29 Å². The number of alkyl halides is 2. The van der Waals surface area contributed by atoms with Gasteiger partial charge in [0.2, 0.25) is 0 Å². The fraction of sp³-hybridized carbons (Fsp3) is 0.111. The number of carbonyl (C=O) groups excluding carboxylic acids is 2. The van der Waals surface area contributed by atoms with Crippen molar-refractivity contribution in [2.24, 2.45) is 0 Å². The molecule has 0 amide bonds. The van der Waals surface area contributed by atoms with E-state index in [0.717, 1.165) is 6.07 Å². The molecule has 0 atom stereocenters. The summed E-state index contributed by atoms with van der Waals surface area (Å²) in [6.45, 7) is 0. The molecule has 1 aromatic carbocycles. The van der Waals surface area contributed by atoms with Crippen molar-refractivity contribution in [3.05, 3.63) is 33.8 Å². The highest BCUT2D eigenvalue weighted by molar-refractivity contribution is 6.31. The van der Waals surface area contributed by atoms with E-state index in [9.17, 15) is 18.4 Å². The van der Waals surface area contributed by atoms with Crippen molar-refractivity contribution < 1.29 is 18.4 Å². The third kappa shape index (κ3) is 1.96. The average Bonchev–Trinajstić information content (AvgIpc) is 2.16. The zero-order valence-electron chi connectivity index (χ0n) is 6.84. The van der Waals surface area contributed by atoms with E-state index in [1.807, 2.05) is 0 Å². The molecule has 0 N–H and O–H groups in total. The summed E-state index contributed by atoms with van der Waals surface area (Å²) in [5, 5.41) is 0.00741. The lowest BCUT2D eigenvalue weighted by Crippen LogP contribution is -1.99. The van der Waals surface area contributed by atoms with Gasteiger partial charge in [-0.25, -0.2) is 8.78 Å². The zero-order chi connectivity index (χ0) is 10.7. The minimum absolute atomic E-state index is 0.00741. The maximum atomic E-state index is 12.4. The maximum absolute atomic E-state index is 12.4. The second kappa shape index (κ2) is 4.28. The third-order valence-electron chi connectivity index (χ3n) is 1.69. The predicted molar refractivity (Wildman–Crippen MR) is 47.2 cm³/mol. The van der Waals surface area contributed by atoms with Gasteiger partial charge in [0.25, 0.3) is 6.43 Å². The molecule has 0 saturated heterocycles. The molecule has 0 bridgehead atoms. The van der Waals surface area contributed by atoms with Crippen LogP contribution < -0.4 is 0 Å². The Kier molecular flexibility index (Phi) is 3.30. The quantitative estimate of drug-likeness (QED) is 0.731. The van der Waals surface area contributed by atoms with E-state index in [1.54, 1.807) is 0 Å². The van der Waals surface area contributed by atoms with E-state index < -0.39 is 12.0 Å². The number of hydrogen-bond acceptors (Lipinski definition) is 2. The minimum Gasteiger partial charge on any atom is -0.298 e. The van der Waals surface area contributed by atoms with Crippen LogP contribution in [-0.4, -0.2) is 12.6 Å². The van der Waals surface area contributed by atoms with Crippen LogP contribution in [0.4, 0.5) is 8.78 Å². The lowest BCUT2D eigenvalue weighted by atomic mass is 10.0. The summed E-state index contributed by atoms with van der Waals surface area (Å²) in [6.07, 6.45) is -2.28. The summed E-state index contributed by atoms with van der Waals surface area (Å²) in [5.41, 5.74) is -0.947. The Morgan fingerprint density at radius 3 is 2.29 bits per heavy atom. The van der Waals surface area contributed by atoms with Crippen molar-refractivity contribution >= 4 is 24.2 Å². The number of hydrogen-bond donors (Lipinski definition) is 0. The summed E-state index contributed by atoms with van der Waals surface area (Å²) in [6, 6.07) is 2.15.